The number of rotatable bonds is 12. The molecule has 50 heavy (non-hydrogen) atoms. The Kier molecular flexibility index (Phi) is 11.1. The van der Waals surface area contributed by atoms with Crippen molar-refractivity contribution in [1.29, 1.82) is 0 Å². The molecule has 6 rings (SSSR count). The molecule has 11 nitrogen and oxygen atoms in total. The number of pyridine rings is 1. The van der Waals surface area contributed by atoms with Crippen LogP contribution >= 0.6 is 0 Å². The third kappa shape index (κ3) is 9.49. The van der Waals surface area contributed by atoms with Crippen molar-refractivity contribution in [3.63, 3.8) is 0 Å². The number of hydrogen-bond donors (Lipinski definition) is 3. The van der Waals surface area contributed by atoms with Crippen molar-refractivity contribution < 1.29 is 18.8 Å². The largest absolute Gasteiger partial charge is 0.411 e. The summed E-state index contributed by atoms with van der Waals surface area (Å²) in [6.45, 7) is 7.22. The van der Waals surface area contributed by atoms with Crippen LogP contribution in [0.4, 0.5) is 22.1 Å². The second kappa shape index (κ2) is 16.2. The lowest BCUT2D eigenvalue weighted by atomic mass is 10.1. The lowest BCUT2D eigenvalue weighted by Gasteiger charge is -2.41. The highest BCUT2D eigenvalue weighted by atomic mass is 16.6. The molecule has 0 bridgehead atoms. The van der Waals surface area contributed by atoms with Crippen molar-refractivity contribution in [3.05, 3.63) is 132 Å². The SMILES string of the molecule is Cc1ccc(NC(=O)c2ccc(CN3CC[N+](C)(COC(=O)NCCc4ccccc4)CC3)cc2)cc1Nc1nccc(-c2cccnc2)n1. The number of aromatic nitrogens is 3. The van der Waals surface area contributed by atoms with Crippen LogP contribution in [0.1, 0.15) is 27.0 Å². The maximum absolute atomic E-state index is 13.2. The Morgan fingerprint density at radius 2 is 1.70 bits per heavy atom. The van der Waals surface area contributed by atoms with Crippen LogP contribution in [-0.2, 0) is 17.7 Å². The fraction of sp³-hybridized carbons (Fsp3) is 0.256. The van der Waals surface area contributed by atoms with Crippen LogP contribution in [-0.4, -0.2) is 82.8 Å². The molecular weight excluding hydrogens is 628 g/mol. The highest BCUT2D eigenvalue weighted by Crippen LogP contribution is 2.25. The van der Waals surface area contributed by atoms with E-state index < -0.39 is 0 Å². The highest BCUT2D eigenvalue weighted by Gasteiger charge is 2.30. The fourth-order valence-corrected chi connectivity index (χ4v) is 5.77. The molecule has 2 amide bonds. The summed E-state index contributed by atoms with van der Waals surface area (Å²) in [7, 11) is 2.13. The summed E-state index contributed by atoms with van der Waals surface area (Å²) >= 11 is 0. The van der Waals surface area contributed by atoms with Gasteiger partial charge >= 0.3 is 6.09 Å². The third-order valence-electron chi connectivity index (χ3n) is 8.92. The first-order valence-corrected chi connectivity index (χ1v) is 16.8. The van der Waals surface area contributed by atoms with Crippen LogP contribution in [0, 0.1) is 6.92 Å². The first-order chi connectivity index (χ1) is 24.3. The van der Waals surface area contributed by atoms with Gasteiger partial charge in [0.2, 0.25) is 12.7 Å². The molecule has 11 heteroatoms. The fourth-order valence-electron chi connectivity index (χ4n) is 5.77. The number of nitrogens with zero attached hydrogens (tertiary/aromatic N) is 5. The van der Waals surface area contributed by atoms with Crippen molar-refractivity contribution in [2.24, 2.45) is 0 Å². The van der Waals surface area contributed by atoms with Crippen LogP contribution < -0.4 is 16.0 Å². The number of alkyl carbamates (subject to hydrolysis) is 1. The van der Waals surface area contributed by atoms with Gasteiger partial charge in [0.05, 0.1) is 25.8 Å². The zero-order valence-electron chi connectivity index (χ0n) is 28.5. The van der Waals surface area contributed by atoms with Gasteiger partial charge in [-0.15, -0.1) is 0 Å². The van der Waals surface area contributed by atoms with Gasteiger partial charge < -0.3 is 20.7 Å². The van der Waals surface area contributed by atoms with Gasteiger partial charge in [-0.2, -0.15) is 0 Å². The maximum Gasteiger partial charge on any atom is 0.411 e. The average Bonchev–Trinajstić information content (AvgIpc) is 3.14. The molecular formula is C39H43N8O3+. The number of amides is 2. The van der Waals surface area contributed by atoms with Gasteiger partial charge in [0.1, 0.15) is 0 Å². The van der Waals surface area contributed by atoms with Crippen molar-refractivity contribution in [3.8, 4) is 11.3 Å². The number of piperazine rings is 1. The molecule has 0 spiro atoms. The predicted octanol–water partition coefficient (Wildman–Crippen LogP) is 6.03. The van der Waals surface area contributed by atoms with E-state index in [4.69, 9.17) is 4.74 Å². The first kappa shape index (κ1) is 34.2. The van der Waals surface area contributed by atoms with Crippen LogP contribution in [0.2, 0.25) is 0 Å². The summed E-state index contributed by atoms with van der Waals surface area (Å²) in [6, 6.07) is 29.2. The van der Waals surface area contributed by atoms with Crippen LogP contribution in [0.5, 0.6) is 0 Å². The molecule has 3 aromatic carbocycles. The average molecular weight is 672 g/mol. The van der Waals surface area contributed by atoms with Gasteiger partial charge in [-0.25, -0.2) is 14.8 Å². The number of anilines is 3. The van der Waals surface area contributed by atoms with Gasteiger partial charge in [-0.1, -0.05) is 48.5 Å². The van der Waals surface area contributed by atoms with E-state index in [1.165, 1.54) is 5.56 Å². The van der Waals surface area contributed by atoms with E-state index in [-0.39, 0.29) is 12.0 Å². The molecule has 0 aliphatic carbocycles. The Morgan fingerprint density at radius 1 is 0.900 bits per heavy atom. The Hall–Kier alpha value is -5.65. The Balaban J connectivity index is 0.953. The van der Waals surface area contributed by atoms with E-state index in [2.05, 4.69) is 42.8 Å². The standard InChI is InChI=1S/C39H42N8O3/c1-29-10-15-34(25-36(29)45-38-41-20-17-35(44-38)33-9-6-18-40-26-33)43-37(48)32-13-11-31(12-14-32)27-46-21-23-47(2,24-22-46)28-50-39(49)42-19-16-30-7-4-3-5-8-30/h3-15,17-18,20,25-26H,16,19,21-24,27-28H2,1-2H3,(H2-,41,42,43,44,45,48,49)/p+1. The minimum Gasteiger partial charge on any atom is -0.399 e. The van der Waals surface area contributed by atoms with Gasteiger partial charge in [0, 0.05) is 67.3 Å². The molecule has 1 fully saturated rings. The van der Waals surface area contributed by atoms with Gasteiger partial charge in [0.15, 0.2) is 0 Å². The van der Waals surface area contributed by atoms with Crippen molar-refractivity contribution >= 4 is 29.3 Å². The number of ether oxygens (including phenoxy) is 1. The monoisotopic (exact) mass is 671 g/mol. The molecule has 0 saturated carbocycles. The van der Waals surface area contributed by atoms with E-state index in [0.29, 0.717) is 35.0 Å². The molecule has 256 valence electrons. The molecule has 0 radical (unpaired) electrons. The summed E-state index contributed by atoms with van der Waals surface area (Å²) in [5.41, 5.74) is 7.03. The van der Waals surface area contributed by atoms with Crippen LogP contribution in [0.25, 0.3) is 11.3 Å². The number of carbonyl (C=O) groups is 2. The zero-order chi connectivity index (χ0) is 34.8. The van der Waals surface area contributed by atoms with E-state index in [1.807, 2.05) is 97.9 Å². The smallest absolute Gasteiger partial charge is 0.399 e. The van der Waals surface area contributed by atoms with Crippen LogP contribution in [0.15, 0.2) is 110 Å². The molecule has 3 N–H and O–H groups in total. The molecule has 2 aromatic heterocycles. The van der Waals surface area contributed by atoms with Crippen molar-refractivity contribution in [2.75, 3.05) is 57.1 Å². The van der Waals surface area contributed by atoms with Crippen molar-refractivity contribution in [1.82, 2.24) is 25.2 Å². The summed E-state index contributed by atoms with van der Waals surface area (Å²) in [5.74, 6) is 0.271. The Bertz CT molecular complexity index is 1880. The number of likely N-dealkylation sites (N-methyl/N-ethyl adjacent to an activating group) is 1. The Morgan fingerprint density at radius 3 is 2.46 bits per heavy atom. The molecule has 1 aliphatic heterocycles. The summed E-state index contributed by atoms with van der Waals surface area (Å²) in [6.07, 6.45) is 5.59. The second-order valence-corrected chi connectivity index (χ2v) is 12.9. The summed E-state index contributed by atoms with van der Waals surface area (Å²) in [4.78, 5) is 41.0. The third-order valence-corrected chi connectivity index (χ3v) is 8.92. The number of quaternary nitrogens is 1. The number of carbonyl (C=O) groups excluding carboxylic acids is 2. The minimum absolute atomic E-state index is 0.184. The maximum atomic E-state index is 13.2. The number of aryl methyl sites for hydroxylation is 1. The zero-order valence-corrected chi connectivity index (χ0v) is 28.5. The Labute approximate surface area is 293 Å². The van der Waals surface area contributed by atoms with Gasteiger partial charge in [0.25, 0.3) is 5.91 Å². The topological polar surface area (TPSA) is 121 Å². The number of hydrogen-bond acceptors (Lipinski definition) is 8. The molecule has 0 atom stereocenters. The second-order valence-electron chi connectivity index (χ2n) is 12.9. The van der Waals surface area contributed by atoms with Gasteiger partial charge in [-0.3, -0.25) is 19.2 Å². The van der Waals surface area contributed by atoms with Gasteiger partial charge in [-0.05, 0) is 72.5 Å². The molecule has 1 aliphatic rings. The lowest BCUT2D eigenvalue weighted by molar-refractivity contribution is -0.929. The number of benzene rings is 3. The molecule has 0 unspecified atom stereocenters. The highest BCUT2D eigenvalue weighted by molar-refractivity contribution is 6.04. The predicted molar refractivity (Wildman–Crippen MR) is 195 cm³/mol. The summed E-state index contributed by atoms with van der Waals surface area (Å²) in [5, 5.41) is 9.16. The number of nitrogens with one attached hydrogen (secondary N) is 3. The molecule has 3 heterocycles. The van der Waals surface area contributed by atoms with Crippen molar-refractivity contribution in [2.45, 2.75) is 19.9 Å². The minimum atomic E-state index is -0.371. The van der Waals surface area contributed by atoms with E-state index >= 15 is 0 Å². The van der Waals surface area contributed by atoms with E-state index in [9.17, 15) is 9.59 Å². The van der Waals surface area contributed by atoms with Crippen LogP contribution in [0.3, 0.4) is 0 Å². The summed E-state index contributed by atoms with van der Waals surface area (Å²) < 4.78 is 6.25. The van der Waals surface area contributed by atoms with E-state index in [0.717, 1.165) is 67.2 Å². The quantitative estimate of drug-likeness (QED) is 0.138. The molecule has 1 saturated heterocycles. The van der Waals surface area contributed by atoms with E-state index in [1.54, 1.807) is 18.6 Å². The first-order valence-electron chi connectivity index (χ1n) is 16.8. The normalized spacial score (nSPS) is 14.0. The molecule has 5 aromatic rings. The lowest BCUT2D eigenvalue weighted by Crippen LogP contribution is -2.58.